The summed E-state index contributed by atoms with van der Waals surface area (Å²) in [7, 11) is -3.28. The molecule has 6 nitrogen and oxygen atoms in total. The van der Waals surface area contributed by atoms with Crippen molar-refractivity contribution < 1.29 is 18.0 Å². The van der Waals surface area contributed by atoms with Gasteiger partial charge in [0, 0.05) is 22.5 Å². The number of ketones is 2. The van der Waals surface area contributed by atoms with Crippen LogP contribution in [0.5, 0.6) is 0 Å². The maximum Gasteiger partial charge on any atom is 0.229 e. The van der Waals surface area contributed by atoms with Crippen molar-refractivity contribution in [3.8, 4) is 0 Å². The third-order valence-corrected chi connectivity index (χ3v) is 3.47. The van der Waals surface area contributed by atoms with Gasteiger partial charge in [0.2, 0.25) is 10.0 Å². The fourth-order valence-electron chi connectivity index (χ4n) is 1.77. The number of carbonyl (C=O) groups is 2. The summed E-state index contributed by atoms with van der Waals surface area (Å²) in [5.74, 6) is -0.0468. The van der Waals surface area contributed by atoms with Crippen LogP contribution in [0.15, 0.2) is 48.5 Å². The zero-order valence-electron chi connectivity index (χ0n) is 13.7. The smallest absolute Gasteiger partial charge is 0.229 e. The topological polar surface area (TPSA) is 106 Å². The summed E-state index contributed by atoms with van der Waals surface area (Å²) in [6, 6.07) is 13.3. The van der Waals surface area contributed by atoms with Crippen molar-refractivity contribution in [1.29, 1.82) is 0 Å². The van der Waals surface area contributed by atoms with Crippen LogP contribution in [0, 0.1) is 0 Å². The van der Waals surface area contributed by atoms with Gasteiger partial charge in [-0.25, -0.2) is 8.42 Å². The van der Waals surface area contributed by atoms with Gasteiger partial charge in [-0.1, -0.05) is 24.3 Å². The van der Waals surface area contributed by atoms with E-state index in [0.717, 1.165) is 6.26 Å². The highest BCUT2D eigenvalue weighted by atomic mass is 32.2. The summed E-state index contributed by atoms with van der Waals surface area (Å²) >= 11 is 0. The molecule has 0 atom stereocenters. The summed E-state index contributed by atoms with van der Waals surface area (Å²) in [5.41, 5.74) is 7.63. The summed E-state index contributed by atoms with van der Waals surface area (Å²) in [4.78, 5) is 21.7. The Morgan fingerprint density at radius 3 is 1.83 bits per heavy atom. The standard InChI is InChI=1S/C9H11NO3S.C8H9NO/c1-7(11)8-4-3-5-9(6-8)10-14(2,12)13;1-6(10)7-3-2-4-8(9)5-7/h3-6,10H,1-2H3;2-5H,9H2,1H3. The Balaban J connectivity index is 0.000000254. The van der Waals surface area contributed by atoms with Crippen LogP contribution < -0.4 is 10.5 Å². The van der Waals surface area contributed by atoms with Gasteiger partial charge >= 0.3 is 0 Å². The number of anilines is 2. The number of hydrogen-bond acceptors (Lipinski definition) is 5. The van der Waals surface area contributed by atoms with Crippen LogP contribution >= 0.6 is 0 Å². The highest BCUT2D eigenvalue weighted by molar-refractivity contribution is 7.92. The normalized spacial score (nSPS) is 10.3. The second-order valence-corrected chi connectivity index (χ2v) is 6.94. The number of carbonyl (C=O) groups excluding carboxylic acids is 2. The first-order valence-corrected chi connectivity index (χ1v) is 8.93. The van der Waals surface area contributed by atoms with Crippen molar-refractivity contribution in [1.82, 2.24) is 0 Å². The van der Waals surface area contributed by atoms with Gasteiger partial charge in [-0.3, -0.25) is 14.3 Å². The van der Waals surface area contributed by atoms with Gasteiger partial charge in [0.05, 0.1) is 6.26 Å². The molecule has 3 N–H and O–H groups in total. The van der Waals surface area contributed by atoms with E-state index in [1.54, 1.807) is 42.5 Å². The van der Waals surface area contributed by atoms with Gasteiger partial charge in [-0.15, -0.1) is 0 Å². The van der Waals surface area contributed by atoms with E-state index in [9.17, 15) is 18.0 Å². The molecule has 0 aliphatic rings. The van der Waals surface area contributed by atoms with E-state index in [2.05, 4.69) is 4.72 Å². The lowest BCUT2D eigenvalue weighted by molar-refractivity contribution is 0.100. The van der Waals surface area contributed by atoms with Crippen LogP contribution in [0.4, 0.5) is 11.4 Å². The van der Waals surface area contributed by atoms with Gasteiger partial charge in [0.1, 0.15) is 0 Å². The molecule has 0 spiro atoms. The molecule has 2 aromatic carbocycles. The minimum absolute atomic E-state index is 0.0484. The van der Waals surface area contributed by atoms with Crippen molar-refractivity contribution in [3.05, 3.63) is 59.7 Å². The van der Waals surface area contributed by atoms with Crippen molar-refractivity contribution in [2.24, 2.45) is 0 Å². The van der Waals surface area contributed by atoms with Crippen LogP contribution in [-0.4, -0.2) is 26.2 Å². The third-order valence-electron chi connectivity index (χ3n) is 2.87. The molecule has 2 aromatic rings. The Labute approximate surface area is 141 Å². The predicted molar refractivity (Wildman–Crippen MR) is 95.8 cm³/mol. The number of nitrogens with one attached hydrogen (secondary N) is 1. The van der Waals surface area contributed by atoms with E-state index in [0.29, 0.717) is 22.5 Å². The molecule has 0 saturated heterocycles. The molecular formula is C17H20N2O4S. The molecule has 0 radical (unpaired) electrons. The fourth-order valence-corrected chi connectivity index (χ4v) is 2.33. The average molecular weight is 348 g/mol. The highest BCUT2D eigenvalue weighted by Crippen LogP contribution is 2.12. The molecule has 0 heterocycles. The van der Waals surface area contributed by atoms with E-state index in [1.807, 2.05) is 0 Å². The molecule has 0 fully saturated rings. The number of Topliss-reactive ketones (excluding diaryl/α,β-unsaturated/α-hetero) is 2. The zero-order valence-corrected chi connectivity index (χ0v) is 14.6. The lowest BCUT2D eigenvalue weighted by Crippen LogP contribution is -2.09. The lowest BCUT2D eigenvalue weighted by Gasteiger charge is -2.04. The average Bonchev–Trinajstić information content (AvgIpc) is 2.46. The van der Waals surface area contributed by atoms with E-state index < -0.39 is 10.0 Å². The zero-order chi connectivity index (χ0) is 18.3. The van der Waals surface area contributed by atoms with E-state index in [1.165, 1.54) is 19.9 Å². The van der Waals surface area contributed by atoms with Crippen molar-refractivity contribution in [2.75, 3.05) is 16.7 Å². The first-order valence-electron chi connectivity index (χ1n) is 7.04. The second kappa shape index (κ2) is 8.26. The first kappa shape index (κ1) is 19.4. The SMILES string of the molecule is CC(=O)c1cccc(N)c1.CC(=O)c1cccc(NS(C)(=O)=O)c1. The molecule has 0 aromatic heterocycles. The number of nitrogens with two attached hydrogens (primary N) is 1. The van der Waals surface area contributed by atoms with Crippen LogP contribution in [0.2, 0.25) is 0 Å². The summed E-state index contributed by atoms with van der Waals surface area (Å²) in [5, 5.41) is 0. The predicted octanol–water partition coefficient (Wildman–Crippen LogP) is 2.73. The molecular weight excluding hydrogens is 328 g/mol. The summed E-state index contributed by atoms with van der Waals surface area (Å²) in [6.45, 7) is 2.95. The number of nitrogen functional groups attached to an aromatic ring is 1. The molecule has 2 rings (SSSR count). The van der Waals surface area contributed by atoms with Gasteiger partial charge in [-0.05, 0) is 38.1 Å². The monoisotopic (exact) mass is 348 g/mol. The van der Waals surface area contributed by atoms with E-state index in [-0.39, 0.29) is 11.6 Å². The van der Waals surface area contributed by atoms with Gasteiger partial charge < -0.3 is 5.73 Å². The van der Waals surface area contributed by atoms with Gasteiger partial charge in [0.25, 0.3) is 0 Å². The number of hydrogen-bond donors (Lipinski definition) is 2. The molecule has 128 valence electrons. The fraction of sp³-hybridized carbons (Fsp3) is 0.176. The Morgan fingerprint density at radius 2 is 1.42 bits per heavy atom. The van der Waals surface area contributed by atoms with Crippen LogP contribution in [-0.2, 0) is 10.0 Å². The van der Waals surface area contributed by atoms with Gasteiger partial charge in [0.15, 0.2) is 11.6 Å². The van der Waals surface area contributed by atoms with Crippen molar-refractivity contribution >= 4 is 33.0 Å². The molecule has 7 heteroatoms. The van der Waals surface area contributed by atoms with E-state index >= 15 is 0 Å². The second-order valence-electron chi connectivity index (χ2n) is 5.19. The largest absolute Gasteiger partial charge is 0.399 e. The Morgan fingerprint density at radius 1 is 0.917 bits per heavy atom. The van der Waals surface area contributed by atoms with Crippen molar-refractivity contribution in [2.45, 2.75) is 13.8 Å². The summed E-state index contributed by atoms with van der Waals surface area (Å²) in [6.07, 6.45) is 1.06. The minimum Gasteiger partial charge on any atom is -0.399 e. The Bertz CT molecular complexity index is 845. The first-order chi connectivity index (χ1) is 11.1. The van der Waals surface area contributed by atoms with Crippen LogP contribution in [0.3, 0.4) is 0 Å². The number of sulfonamides is 1. The number of benzene rings is 2. The van der Waals surface area contributed by atoms with E-state index in [4.69, 9.17) is 5.73 Å². The third kappa shape index (κ3) is 7.06. The molecule has 0 unspecified atom stereocenters. The lowest BCUT2D eigenvalue weighted by atomic mass is 10.1. The summed E-state index contributed by atoms with van der Waals surface area (Å²) < 4.78 is 24.1. The maximum atomic E-state index is 11.0. The minimum atomic E-state index is -3.28. The Hall–Kier alpha value is -2.67. The molecule has 0 saturated carbocycles. The molecule has 0 aliphatic heterocycles. The molecule has 24 heavy (non-hydrogen) atoms. The number of rotatable bonds is 4. The maximum absolute atomic E-state index is 11.0. The van der Waals surface area contributed by atoms with Crippen molar-refractivity contribution in [3.63, 3.8) is 0 Å². The molecule has 0 bridgehead atoms. The molecule has 0 aliphatic carbocycles. The highest BCUT2D eigenvalue weighted by Gasteiger charge is 2.04. The van der Waals surface area contributed by atoms with Gasteiger partial charge in [-0.2, -0.15) is 0 Å². The Kier molecular flexibility index (Phi) is 6.67. The van der Waals surface area contributed by atoms with Crippen LogP contribution in [0.1, 0.15) is 34.6 Å². The molecule has 0 amide bonds. The van der Waals surface area contributed by atoms with Crippen LogP contribution in [0.25, 0.3) is 0 Å². The quantitative estimate of drug-likeness (QED) is 0.653.